The van der Waals surface area contributed by atoms with Crippen LogP contribution < -0.4 is 0 Å². The van der Waals surface area contributed by atoms with E-state index in [1.165, 1.54) is 5.56 Å². The van der Waals surface area contributed by atoms with E-state index in [1.54, 1.807) is 0 Å². The van der Waals surface area contributed by atoms with Crippen LogP contribution in [0.1, 0.15) is 43.1 Å². The molecule has 4 nitrogen and oxygen atoms in total. The van der Waals surface area contributed by atoms with Crippen molar-refractivity contribution >= 4 is 17.0 Å². The zero-order valence-corrected chi connectivity index (χ0v) is 14.7. The summed E-state index contributed by atoms with van der Waals surface area (Å²) in [5, 5.41) is 0. The summed E-state index contributed by atoms with van der Waals surface area (Å²) in [5.74, 6) is 1.43. The molecule has 0 atom stereocenters. The smallest absolute Gasteiger partial charge is 0.233 e. The Kier molecular flexibility index (Phi) is 3.59. The van der Waals surface area contributed by atoms with Gasteiger partial charge in [0.1, 0.15) is 5.52 Å². The lowest BCUT2D eigenvalue weighted by atomic mass is 9.91. The number of nitrogens with zero attached hydrogens (tertiary/aromatic N) is 2. The first-order chi connectivity index (χ1) is 12.8. The number of piperidine rings is 1. The summed E-state index contributed by atoms with van der Waals surface area (Å²) in [6.45, 7) is 1.58. The lowest BCUT2D eigenvalue weighted by Gasteiger charge is -2.33. The number of fused-ring (bicyclic) bond motifs is 1. The SMILES string of the molecule is O=C(N1CCC(c2nc3ccccc3o2)CC1)C1(c2ccccc2)CC1. The monoisotopic (exact) mass is 346 g/mol. The predicted octanol–water partition coefficient (Wildman–Crippen LogP) is 4.27. The molecular weight excluding hydrogens is 324 g/mol. The van der Waals surface area contributed by atoms with Gasteiger partial charge in [-0.2, -0.15) is 0 Å². The zero-order chi connectivity index (χ0) is 17.6. The molecule has 1 aliphatic heterocycles. The number of carbonyl (C=O) groups is 1. The predicted molar refractivity (Wildman–Crippen MR) is 99.9 cm³/mol. The number of para-hydroxylation sites is 2. The van der Waals surface area contributed by atoms with E-state index < -0.39 is 0 Å². The Bertz CT molecular complexity index is 902. The fraction of sp³-hybridized carbons (Fsp3) is 0.364. The molecule has 2 aromatic carbocycles. The topological polar surface area (TPSA) is 46.3 Å². The summed E-state index contributed by atoms with van der Waals surface area (Å²) in [5.41, 5.74) is 2.68. The van der Waals surface area contributed by atoms with Crippen molar-refractivity contribution in [2.24, 2.45) is 0 Å². The van der Waals surface area contributed by atoms with Crippen molar-refractivity contribution in [3.05, 3.63) is 66.1 Å². The zero-order valence-electron chi connectivity index (χ0n) is 14.7. The van der Waals surface area contributed by atoms with Crippen LogP contribution in [0.3, 0.4) is 0 Å². The molecule has 1 saturated heterocycles. The molecule has 0 N–H and O–H groups in total. The van der Waals surface area contributed by atoms with Crippen LogP contribution in [-0.2, 0) is 10.2 Å². The summed E-state index contributed by atoms with van der Waals surface area (Å²) >= 11 is 0. The molecular formula is C22H22N2O2. The summed E-state index contributed by atoms with van der Waals surface area (Å²) in [4.78, 5) is 19.9. The molecule has 0 unspecified atom stereocenters. The van der Waals surface area contributed by atoms with Crippen LogP contribution in [0.4, 0.5) is 0 Å². The second kappa shape index (κ2) is 5.97. The fourth-order valence-corrected chi connectivity index (χ4v) is 4.21. The van der Waals surface area contributed by atoms with Gasteiger partial charge in [-0.25, -0.2) is 4.98 Å². The maximum Gasteiger partial charge on any atom is 0.233 e. The van der Waals surface area contributed by atoms with E-state index in [2.05, 4.69) is 22.0 Å². The van der Waals surface area contributed by atoms with Crippen LogP contribution in [-0.4, -0.2) is 28.9 Å². The number of carbonyl (C=O) groups excluding carboxylic acids is 1. The molecule has 4 heteroatoms. The van der Waals surface area contributed by atoms with Gasteiger partial charge in [0.25, 0.3) is 0 Å². The highest BCUT2D eigenvalue weighted by Crippen LogP contribution is 2.50. The largest absolute Gasteiger partial charge is 0.440 e. The molecule has 3 aromatic rings. The standard InChI is InChI=1S/C22H22N2O2/c25-21(22(12-13-22)17-6-2-1-3-7-17)24-14-10-16(11-15-24)20-23-18-8-4-5-9-19(18)26-20/h1-9,16H,10-15H2. The summed E-state index contributed by atoms with van der Waals surface area (Å²) in [7, 11) is 0. The molecule has 1 amide bonds. The van der Waals surface area contributed by atoms with Crippen molar-refractivity contribution in [3.63, 3.8) is 0 Å². The minimum Gasteiger partial charge on any atom is -0.440 e. The molecule has 0 radical (unpaired) electrons. The first-order valence-corrected chi connectivity index (χ1v) is 9.47. The number of hydrogen-bond acceptors (Lipinski definition) is 3. The van der Waals surface area contributed by atoms with Crippen molar-refractivity contribution in [1.82, 2.24) is 9.88 Å². The van der Waals surface area contributed by atoms with Crippen LogP contribution in [0, 0.1) is 0 Å². The van der Waals surface area contributed by atoms with Gasteiger partial charge in [-0.3, -0.25) is 4.79 Å². The number of rotatable bonds is 3. The second-order valence-corrected chi connectivity index (χ2v) is 7.53. The number of aromatic nitrogens is 1. The molecule has 2 fully saturated rings. The van der Waals surface area contributed by atoms with Crippen molar-refractivity contribution in [2.45, 2.75) is 37.0 Å². The lowest BCUT2D eigenvalue weighted by Crippen LogP contribution is -2.43. The summed E-state index contributed by atoms with van der Waals surface area (Å²) in [6, 6.07) is 18.1. The molecule has 5 rings (SSSR count). The minimum absolute atomic E-state index is 0.258. The molecule has 132 valence electrons. The van der Waals surface area contributed by atoms with Crippen LogP contribution in [0.5, 0.6) is 0 Å². The molecule has 0 bridgehead atoms. The average Bonchev–Trinajstić information content (AvgIpc) is 3.40. The van der Waals surface area contributed by atoms with Crippen molar-refractivity contribution in [1.29, 1.82) is 0 Å². The third-order valence-corrected chi connectivity index (χ3v) is 5.93. The van der Waals surface area contributed by atoms with Gasteiger partial charge in [0.05, 0.1) is 5.41 Å². The molecule has 2 heterocycles. The lowest BCUT2D eigenvalue weighted by molar-refractivity contribution is -0.135. The van der Waals surface area contributed by atoms with Gasteiger partial charge >= 0.3 is 0 Å². The Hall–Kier alpha value is -2.62. The van der Waals surface area contributed by atoms with Gasteiger partial charge in [0, 0.05) is 19.0 Å². The maximum atomic E-state index is 13.2. The highest BCUT2D eigenvalue weighted by molar-refractivity contribution is 5.91. The molecule has 0 spiro atoms. The maximum absolute atomic E-state index is 13.2. The van der Waals surface area contributed by atoms with Crippen LogP contribution in [0.2, 0.25) is 0 Å². The van der Waals surface area contributed by atoms with Crippen LogP contribution in [0.25, 0.3) is 11.1 Å². The molecule has 1 aliphatic carbocycles. The molecule has 1 aromatic heterocycles. The van der Waals surface area contributed by atoms with E-state index in [-0.39, 0.29) is 5.41 Å². The van der Waals surface area contributed by atoms with Gasteiger partial charge < -0.3 is 9.32 Å². The third kappa shape index (κ3) is 2.52. The third-order valence-electron chi connectivity index (χ3n) is 5.93. The Morgan fingerprint density at radius 1 is 1.00 bits per heavy atom. The quantitative estimate of drug-likeness (QED) is 0.712. The summed E-state index contributed by atoms with van der Waals surface area (Å²) < 4.78 is 5.94. The van der Waals surface area contributed by atoms with Gasteiger partial charge in [-0.15, -0.1) is 0 Å². The Morgan fingerprint density at radius 3 is 2.38 bits per heavy atom. The minimum atomic E-state index is -0.258. The van der Waals surface area contributed by atoms with E-state index >= 15 is 0 Å². The van der Waals surface area contributed by atoms with Gasteiger partial charge in [0.2, 0.25) is 5.91 Å². The van der Waals surface area contributed by atoms with E-state index in [9.17, 15) is 4.79 Å². The normalized spacial score (nSPS) is 19.6. The molecule has 26 heavy (non-hydrogen) atoms. The molecule has 2 aliphatic rings. The van der Waals surface area contributed by atoms with Crippen molar-refractivity contribution < 1.29 is 9.21 Å². The van der Waals surface area contributed by atoms with E-state index in [1.807, 2.05) is 42.5 Å². The van der Waals surface area contributed by atoms with Gasteiger partial charge in [0.15, 0.2) is 11.5 Å². The van der Waals surface area contributed by atoms with Gasteiger partial charge in [-0.05, 0) is 43.4 Å². The van der Waals surface area contributed by atoms with Crippen molar-refractivity contribution in [3.8, 4) is 0 Å². The molecule has 1 saturated carbocycles. The Morgan fingerprint density at radius 2 is 1.69 bits per heavy atom. The van der Waals surface area contributed by atoms with Gasteiger partial charge in [-0.1, -0.05) is 42.5 Å². The first-order valence-electron chi connectivity index (χ1n) is 9.47. The Labute approximate surface area is 152 Å². The highest BCUT2D eigenvalue weighted by Gasteiger charge is 2.53. The number of amides is 1. The number of hydrogen-bond donors (Lipinski definition) is 0. The number of likely N-dealkylation sites (tertiary alicyclic amines) is 1. The number of oxazole rings is 1. The van der Waals surface area contributed by atoms with Crippen molar-refractivity contribution in [2.75, 3.05) is 13.1 Å². The first kappa shape index (κ1) is 15.6. The Balaban J connectivity index is 1.29. The summed E-state index contributed by atoms with van der Waals surface area (Å²) in [6.07, 6.45) is 3.79. The van der Waals surface area contributed by atoms with E-state index in [0.29, 0.717) is 11.8 Å². The number of benzene rings is 2. The van der Waals surface area contributed by atoms with Crippen LogP contribution in [0.15, 0.2) is 59.0 Å². The fourth-order valence-electron chi connectivity index (χ4n) is 4.21. The second-order valence-electron chi connectivity index (χ2n) is 7.53. The van der Waals surface area contributed by atoms with E-state index in [0.717, 1.165) is 55.8 Å². The highest BCUT2D eigenvalue weighted by atomic mass is 16.3. The van der Waals surface area contributed by atoms with Crippen LogP contribution >= 0.6 is 0 Å². The average molecular weight is 346 g/mol. The van der Waals surface area contributed by atoms with E-state index in [4.69, 9.17) is 4.42 Å².